The first-order valence-corrected chi connectivity index (χ1v) is 5.93. The minimum atomic E-state index is -0.409. The molecule has 0 aliphatic heterocycles. The first-order valence-electron chi connectivity index (χ1n) is 5.93. The van der Waals surface area contributed by atoms with Gasteiger partial charge in [-0.25, -0.2) is 0 Å². The Kier molecular flexibility index (Phi) is 2.72. The number of aliphatic hydroxyl groups excluding tert-OH is 1. The molecule has 0 saturated heterocycles. The number of aliphatic hydroxyl groups is 1. The van der Waals surface area contributed by atoms with E-state index in [0.717, 1.165) is 25.7 Å². The van der Waals surface area contributed by atoms with Gasteiger partial charge < -0.3 is 5.11 Å². The summed E-state index contributed by atoms with van der Waals surface area (Å²) in [5, 5.41) is 10.0. The minimum absolute atomic E-state index is 0.0243. The molecule has 0 amide bonds. The third-order valence-electron chi connectivity index (χ3n) is 4.52. The van der Waals surface area contributed by atoms with E-state index in [0.29, 0.717) is 12.3 Å². The lowest BCUT2D eigenvalue weighted by Crippen LogP contribution is -2.42. The molecule has 2 aliphatic rings. The van der Waals surface area contributed by atoms with Gasteiger partial charge in [0.15, 0.2) is 0 Å². The highest BCUT2D eigenvalue weighted by Crippen LogP contribution is 2.56. The summed E-state index contributed by atoms with van der Waals surface area (Å²) in [6.07, 6.45) is 5.89. The van der Waals surface area contributed by atoms with E-state index < -0.39 is 6.10 Å². The van der Waals surface area contributed by atoms with Crippen LogP contribution in [0.3, 0.4) is 0 Å². The number of hydrogen-bond acceptors (Lipinski definition) is 2. The number of carbonyl (C=O) groups excluding carboxylic acids is 1. The molecule has 2 saturated carbocycles. The van der Waals surface area contributed by atoms with Gasteiger partial charge in [0.1, 0.15) is 5.78 Å². The quantitative estimate of drug-likeness (QED) is 0.707. The largest absolute Gasteiger partial charge is 0.392 e. The summed E-state index contributed by atoms with van der Waals surface area (Å²) in [6, 6.07) is 0. The summed E-state index contributed by atoms with van der Waals surface area (Å²) < 4.78 is 0. The van der Waals surface area contributed by atoms with Crippen LogP contribution in [-0.2, 0) is 4.79 Å². The number of hydrogen-bond donors (Lipinski definition) is 1. The van der Waals surface area contributed by atoms with Gasteiger partial charge in [0, 0.05) is 12.3 Å². The van der Waals surface area contributed by atoms with Crippen LogP contribution in [0.2, 0.25) is 0 Å². The SMILES string of the molecule is C=CC[C@]12CCCC(=O)[C@H]1[C@H](O)C[C@H]2C. The van der Waals surface area contributed by atoms with Crippen LogP contribution in [0.5, 0.6) is 0 Å². The van der Waals surface area contributed by atoms with E-state index in [-0.39, 0.29) is 17.1 Å². The van der Waals surface area contributed by atoms with E-state index in [9.17, 15) is 9.90 Å². The maximum atomic E-state index is 11.9. The molecule has 2 heteroatoms. The van der Waals surface area contributed by atoms with Crippen molar-refractivity contribution < 1.29 is 9.90 Å². The zero-order valence-corrected chi connectivity index (χ0v) is 9.41. The van der Waals surface area contributed by atoms with Crippen molar-refractivity contribution in [1.29, 1.82) is 0 Å². The van der Waals surface area contributed by atoms with E-state index in [1.54, 1.807) is 0 Å². The number of fused-ring (bicyclic) bond motifs is 1. The summed E-state index contributed by atoms with van der Waals surface area (Å²) in [5.41, 5.74) is 0.0243. The van der Waals surface area contributed by atoms with E-state index in [2.05, 4.69) is 13.5 Å². The highest BCUT2D eigenvalue weighted by molar-refractivity contribution is 5.83. The first kappa shape index (κ1) is 10.9. The topological polar surface area (TPSA) is 37.3 Å². The monoisotopic (exact) mass is 208 g/mol. The molecular formula is C13H20O2. The molecule has 0 spiro atoms. The normalized spacial score (nSPS) is 45.2. The van der Waals surface area contributed by atoms with Gasteiger partial charge in [-0.2, -0.15) is 0 Å². The predicted octanol–water partition coefficient (Wildman–Crippen LogP) is 2.32. The molecule has 1 N–H and O–H groups in total. The molecule has 0 aromatic rings. The lowest BCUT2D eigenvalue weighted by atomic mass is 9.62. The van der Waals surface area contributed by atoms with Crippen molar-refractivity contribution in [3.63, 3.8) is 0 Å². The molecule has 15 heavy (non-hydrogen) atoms. The van der Waals surface area contributed by atoms with Crippen LogP contribution < -0.4 is 0 Å². The Labute approximate surface area is 91.4 Å². The van der Waals surface area contributed by atoms with Crippen LogP contribution in [0.25, 0.3) is 0 Å². The fourth-order valence-electron chi connectivity index (χ4n) is 3.81. The van der Waals surface area contributed by atoms with Crippen LogP contribution in [-0.4, -0.2) is 17.0 Å². The summed E-state index contributed by atoms with van der Waals surface area (Å²) in [6.45, 7) is 5.97. The molecular weight excluding hydrogens is 188 g/mol. The van der Waals surface area contributed by atoms with Crippen LogP contribution in [0.15, 0.2) is 12.7 Å². The van der Waals surface area contributed by atoms with E-state index in [1.807, 2.05) is 6.08 Å². The fraction of sp³-hybridized carbons (Fsp3) is 0.769. The lowest BCUT2D eigenvalue weighted by molar-refractivity contribution is -0.133. The van der Waals surface area contributed by atoms with Gasteiger partial charge in [0.2, 0.25) is 0 Å². The molecule has 0 radical (unpaired) electrons. The Hall–Kier alpha value is -0.630. The number of Topliss-reactive ketones (excluding diaryl/α,β-unsaturated/α-hetero) is 1. The second-order valence-corrected chi connectivity index (χ2v) is 5.23. The van der Waals surface area contributed by atoms with Crippen molar-refractivity contribution in [3.8, 4) is 0 Å². The van der Waals surface area contributed by atoms with Crippen LogP contribution in [0.4, 0.5) is 0 Å². The highest BCUT2D eigenvalue weighted by atomic mass is 16.3. The Balaban J connectivity index is 2.35. The Morgan fingerprint density at radius 2 is 2.40 bits per heavy atom. The second-order valence-electron chi connectivity index (χ2n) is 5.23. The summed E-state index contributed by atoms with van der Waals surface area (Å²) in [4.78, 5) is 11.9. The standard InChI is InChI=1S/C13H20O2/c1-3-6-13-7-4-5-10(14)12(13)11(15)8-9(13)2/h3,9,11-12,15H,1,4-8H2,2H3/t9-,11-,12+,13-/m1/s1. The minimum Gasteiger partial charge on any atom is -0.392 e. The highest BCUT2D eigenvalue weighted by Gasteiger charge is 2.55. The number of ketones is 1. The van der Waals surface area contributed by atoms with Crippen molar-refractivity contribution in [1.82, 2.24) is 0 Å². The van der Waals surface area contributed by atoms with Crippen molar-refractivity contribution >= 4 is 5.78 Å². The molecule has 2 aliphatic carbocycles. The molecule has 84 valence electrons. The molecule has 4 atom stereocenters. The van der Waals surface area contributed by atoms with Gasteiger partial charge >= 0.3 is 0 Å². The molecule has 0 unspecified atom stereocenters. The lowest BCUT2D eigenvalue weighted by Gasteiger charge is -2.41. The Morgan fingerprint density at radius 1 is 1.67 bits per heavy atom. The summed E-state index contributed by atoms with van der Waals surface area (Å²) in [5.74, 6) is 0.610. The second kappa shape index (κ2) is 3.75. The molecule has 0 bridgehead atoms. The average Bonchev–Trinajstić information content (AvgIpc) is 2.41. The van der Waals surface area contributed by atoms with Crippen LogP contribution in [0, 0.1) is 17.3 Å². The van der Waals surface area contributed by atoms with Gasteiger partial charge in [0.05, 0.1) is 6.10 Å². The number of carbonyl (C=O) groups is 1. The van der Waals surface area contributed by atoms with E-state index >= 15 is 0 Å². The first-order chi connectivity index (χ1) is 7.12. The van der Waals surface area contributed by atoms with Gasteiger partial charge in [-0.05, 0) is 37.0 Å². The van der Waals surface area contributed by atoms with Crippen molar-refractivity contribution in [3.05, 3.63) is 12.7 Å². The Morgan fingerprint density at radius 3 is 3.07 bits per heavy atom. The molecule has 0 heterocycles. The average molecular weight is 208 g/mol. The van der Waals surface area contributed by atoms with Crippen molar-refractivity contribution in [2.24, 2.45) is 17.3 Å². The van der Waals surface area contributed by atoms with Gasteiger partial charge in [-0.3, -0.25) is 4.79 Å². The number of rotatable bonds is 2. The van der Waals surface area contributed by atoms with Gasteiger partial charge in [-0.15, -0.1) is 6.58 Å². The predicted molar refractivity (Wildman–Crippen MR) is 59.4 cm³/mol. The zero-order chi connectivity index (χ0) is 11.1. The van der Waals surface area contributed by atoms with E-state index in [4.69, 9.17) is 0 Å². The summed E-state index contributed by atoms with van der Waals surface area (Å²) >= 11 is 0. The Bertz CT molecular complexity index is 284. The van der Waals surface area contributed by atoms with Gasteiger partial charge in [-0.1, -0.05) is 13.0 Å². The molecule has 2 nitrogen and oxygen atoms in total. The summed E-state index contributed by atoms with van der Waals surface area (Å²) in [7, 11) is 0. The van der Waals surface area contributed by atoms with Crippen molar-refractivity contribution in [2.75, 3.05) is 0 Å². The fourth-order valence-corrected chi connectivity index (χ4v) is 3.81. The maximum absolute atomic E-state index is 11.9. The molecule has 2 rings (SSSR count). The number of allylic oxidation sites excluding steroid dienone is 1. The zero-order valence-electron chi connectivity index (χ0n) is 9.41. The van der Waals surface area contributed by atoms with E-state index in [1.165, 1.54) is 0 Å². The maximum Gasteiger partial charge on any atom is 0.139 e. The molecule has 0 aromatic carbocycles. The molecule has 0 aromatic heterocycles. The third kappa shape index (κ3) is 1.46. The smallest absolute Gasteiger partial charge is 0.139 e. The van der Waals surface area contributed by atoms with Crippen molar-refractivity contribution in [2.45, 2.75) is 45.1 Å². The van der Waals surface area contributed by atoms with Crippen LogP contribution in [0.1, 0.15) is 39.0 Å². The van der Waals surface area contributed by atoms with Crippen LogP contribution >= 0.6 is 0 Å². The van der Waals surface area contributed by atoms with Gasteiger partial charge in [0.25, 0.3) is 0 Å². The molecule has 2 fully saturated rings. The third-order valence-corrected chi connectivity index (χ3v) is 4.52.